The Morgan fingerprint density at radius 1 is 0.794 bits per heavy atom. The van der Waals surface area contributed by atoms with Crippen molar-refractivity contribution in [2.45, 2.75) is 89.1 Å². The summed E-state index contributed by atoms with van der Waals surface area (Å²) in [6.45, 7) is 8.51. The van der Waals surface area contributed by atoms with Crippen LogP contribution < -0.4 is 9.80 Å². The fourth-order valence-electron chi connectivity index (χ4n) is 7.71. The Kier molecular flexibility index (Phi) is 6.82. The van der Waals surface area contributed by atoms with E-state index in [0.717, 1.165) is 37.8 Å². The molecule has 4 nitrogen and oxygen atoms in total. The van der Waals surface area contributed by atoms with Gasteiger partial charge in [-0.2, -0.15) is 0 Å². The average Bonchev–Trinajstić information content (AvgIpc) is 3.60. The van der Waals surface area contributed by atoms with E-state index in [2.05, 4.69) is 32.9 Å². The monoisotopic (exact) mass is 465 g/mol. The zero-order valence-electron chi connectivity index (χ0n) is 21.6. The largest absolute Gasteiger partial charge is 0.381 e. The number of benzene rings is 1. The highest BCUT2D eigenvalue weighted by Crippen LogP contribution is 2.53. The Hall–Kier alpha value is -1.26. The molecule has 1 spiro atoms. The molecule has 2 heterocycles. The first-order chi connectivity index (χ1) is 16.7. The average molecular weight is 466 g/mol. The van der Waals surface area contributed by atoms with Gasteiger partial charge in [0, 0.05) is 64.3 Å². The number of rotatable bonds is 6. The molecule has 6 rings (SSSR count). The smallest absolute Gasteiger partial charge is 0.0605 e. The van der Waals surface area contributed by atoms with Crippen molar-refractivity contribution >= 4 is 11.4 Å². The van der Waals surface area contributed by atoms with Crippen molar-refractivity contribution in [3.05, 3.63) is 23.8 Å². The molecule has 3 saturated carbocycles. The summed E-state index contributed by atoms with van der Waals surface area (Å²) in [5.74, 6) is 1.76. The molecule has 0 unspecified atom stereocenters. The first kappa shape index (κ1) is 23.2. The molecule has 5 aliphatic rings. The maximum absolute atomic E-state index is 5.64. The van der Waals surface area contributed by atoms with Gasteiger partial charge in [-0.1, -0.05) is 12.8 Å². The van der Waals surface area contributed by atoms with E-state index in [-0.39, 0.29) is 0 Å². The molecule has 5 fully saturated rings. The topological polar surface area (TPSA) is 19.0 Å². The van der Waals surface area contributed by atoms with Crippen LogP contribution in [0.3, 0.4) is 0 Å². The standard InChI is InChI=1S/C30H47N3O/c1-34-27-10-16-32(17-11-27)26-6-7-29(33-20-18-31(19-21-33)23-24-4-5-24)28(22-26)25-8-14-30(15-9-25)12-2-3-13-30/h6-7,22,24-25,27H,2-5,8-21,23H2,1H3. The van der Waals surface area contributed by atoms with Crippen molar-refractivity contribution < 1.29 is 4.74 Å². The van der Waals surface area contributed by atoms with Gasteiger partial charge < -0.3 is 14.5 Å². The van der Waals surface area contributed by atoms with Crippen LogP contribution in [0.4, 0.5) is 11.4 Å². The van der Waals surface area contributed by atoms with Crippen molar-refractivity contribution in [3.8, 4) is 0 Å². The molecule has 3 aliphatic carbocycles. The van der Waals surface area contributed by atoms with E-state index in [9.17, 15) is 0 Å². The minimum atomic E-state index is 0.447. The van der Waals surface area contributed by atoms with Gasteiger partial charge in [0.15, 0.2) is 0 Å². The molecule has 188 valence electrons. The summed E-state index contributed by atoms with van der Waals surface area (Å²) in [5, 5.41) is 0. The van der Waals surface area contributed by atoms with Crippen LogP contribution in [-0.4, -0.2) is 63.9 Å². The number of nitrogens with zero attached hydrogens (tertiary/aromatic N) is 3. The van der Waals surface area contributed by atoms with Crippen LogP contribution in [0.2, 0.25) is 0 Å². The summed E-state index contributed by atoms with van der Waals surface area (Å²) in [5.41, 5.74) is 5.41. The van der Waals surface area contributed by atoms with Gasteiger partial charge in [0.05, 0.1) is 6.10 Å². The Bertz CT molecular complexity index is 804. The van der Waals surface area contributed by atoms with Gasteiger partial charge in [-0.25, -0.2) is 0 Å². The minimum Gasteiger partial charge on any atom is -0.381 e. The second kappa shape index (κ2) is 10.0. The van der Waals surface area contributed by atoms with Crippen LogP contribution in [0, 0.1) is 11.3 Å². The lowest BCUT2D eigenvalue weighted by Crippen LogP contribution is -2.47. The lowest BCUT2D eigenvalue weighted by Gasteiger charge is -2.41. The van der Waals surface area contributed by atoms with Gasteiger partial charge in [0.1, 0.15) is 0 Å². The minimum absolute atomic E-state index is 0.447. The zero-order valence-corrected chi connectivity index (χ0v) is 21.6. The number of piperidine rings is 1. The van der Waals surface area contributed by atoms with E-state index < -0.39 is 0 Å². The molecule has 0 atom stereocenters. The number of piperazine rings is 1. The summed E-state index contributed by atoms with van der Waals surface area (Å²) < 4.78 is 5.64. The van der Waals surface area contributed by atoms with Crippen molar-refractivity contribution in [3.63, 3.8) is 0 Å². The molecule has 4 heteroatoms. The quantitative estimate of drug-likeness (QED) is 0.509. The van der Waals surface area contributed by atoms with Crippen LogP contribution in [-0.2, 0) is 4.74 Å². The number of methoxy groups -OCH3 is 1. The van der Waals surface area contributed by atoms with Crippen LogP contribution in [0.25, 0.3) is 0 Å². The van der Waals surface area contributed by atoms with Gasteiger partial charge in [0.25, 0.3) is 0 Å². The number of hydrogen-bond donors (Lipinski definition) is 0. The van der Waals surface area contributed by atoms with E-state index in [1.165, 1.54) is 103 Å². The van der Waals surface area contributed by atoms with Gasteiger partial charge >= 0.3 is 0 Å². The summed E-state index contributed by atoms with van der Waals surface area (Å²) in [4.78, 5) is 8.09. The lowest BCUT2D eigenvalue weighted by atomic mass is 9.68. The molecule has 2 saturated heterocycles. The molecule has 2 aliphatic heterocycles. The van der Waals surface area contributed by atoms with Crippen LogP contribution >= 0.6 is 0 Å². The molecule has 1 aromatic carbocycles. The second-order valence-electron chi connectivity index (χ2n) is 12.4. The molecule has 0 radical (unpaired) electrons. The summed E-state index contributed by atoms with van der Waals surface area (Å²) in [6.07, 6.45) is 17.4. The van der Waals surface area contributed by atoms with Crippen molar-refractivity contribution in [1.29, 1.82) is 0 Å². The highest BCUT2D eigenvalue weighted by molar-refractivity contribution is 5.63. The van der Waals surface area contributed by atoms with Gasteiger partial charge in [0.2, 0.25) is 0 Å². The van der Waals surface area contributed by atoms with Crippen molar-refractivity contribution in [2.24, 2.45) is 11.3 Å². The van der Waals surface area contributed by atoms with E-state index in [4.69, 9.17) is 4.74 Å². The van der Waals surface area contributed by atoms with E-state index in [1.807, 2.05) is 7.11 Å². The number of hydrogen-bond acceptors (Lipinski definition) is 4. The molecule has 1 aromatic rings. The van der Waals surface area contributed by atoms with Crippen LogP contribution in [0.15, 0.2) is 18.2 Å². The van der Waals surface area contributed by atoms with E-state index in [1.54, 1.807) is 11.3 Å². The Labute approximate surface area is 208 Å². The van der Waals surface area contributed by atoms with Gasteiger partial charge in [-0.3, -0.25) is 4.90 Å². The molecule has 0 aromatic heterocycles. The normalized spacial score (nSPS) is 27.1. The third-order valence-corrected chi connectivity index (χ3v) is 10.2. The summed E-state index contributed by atoms with van der Waals surface area (Å²) >= 11 is 0. The summed E-state index contributed by atoms with van der Waals surface area (Å²) in [7, 11) is 1.87. The molecule has 34 heavy (non-hydrogen) atoms. The van der Waals surface area contributed by atoms with Crippen LogP contribution in [0.1, 0.15) is 88.5 Å². The van der Waals surface area contributed by atoms with Crippen molar-refractivity contribution in [1.82, 2.24) is 4.90 Å². The fourth-order valence-corrected chi connectivity index (χ4v) is 7.71. The maximum atomic E-state index is 5.64. The third kappa shape index (κ3) is 5.00. The maximum Gasteiger partial charge on any atom is 0.0605 e. The fraction of sp³-hybridized carbons (Fsp3) is 0.800. The van der Waals surface area contributed by atoms with Crippen LogP contribution in [0.5, 0.6) is 0 Å². The molecule has 0 amide bonds. The van der Waals surface area contributed by atoms with Crippen molar-refractivity contribution in [2.75, 3.05) is 62.7 Å². The SMILES string of the molecule is COC1CCN(c2ccc(N3CCN(CC4CC4)CC3)c(C3CCC4(CCCC4)CC3)c2)CC1. The van der Waals surface area contributed by atoms with E-state index >= 15 is 0 Å². The van der Waals surface area contributed by atoms with Gasteiger partial charge in [-0.15, -0.1) is 0 Å². The number of anilines is 2. The first-order valence-corrected chi connectivity index (χ1v) is 14.6. The Balaban J connectivity index is 1.20. The summed E-state index contributed by atoms with van der Waals surface area (Å²) in [6, 6.07) is 7.56. The molecule has 0 N–H and O–H groups in total. The predicted molar refractivity (Wildman–Crippen MR) is 142 cm³/mol. The molecular formula is C30H47N3O. The second-order valence-corrected chi connectivity index (χ2v) is 12.4. The number of ether oxygens (including phenoxy) is 1. The van der Waals surface area contributed by atoms with E-state index in [0.29, 0.717) is 11.5 Å². The first-order valence-electron chi connectivity index (χ1n) is 14.6. The molecular weight excluding hydrogens is 418 g/mol. The highest BCUT2D eigenvalue weighted by atomic mass is 16.5. The lowest BCUT2D eigenvalue weighted by molar-refractivity contribution is 0.0819. The third-order valence-electron chi connectivity index (χ3n) is 10.2. The Morgan fingerprint density at radius 2 is 1.50 bits per heavy atom. The molecule has 0 bridgehead atoms. The predicted octanol–water partition coefficient (Wildman–Crippen LogP) is 6.05. The van der Waals surface area contributed by atoms with Gasteiger partial charge in [-0.05, 0) is 105 Å². The zero-order chi connectivity index (χ0) is 23.0. The highest BCUT2D eigenvalue weighted by Gasteiger charge is 2.39. The Morgan fingerprint density at radius 3 is 2.15 bits per heavy atom.